The monoisotopic (exact) mass is 451 g/mol. The average Bonchev–Trinajstić information content (AvgIpc) is 2.72. The number of hydrogen-bond acceptors (Lipinski definition) is 2. The topological polar surface area (TPSA) is 25.4 Å². The molecule has 174 valence electrons. The summed E-state index contributed by atoms with van der Waals surface area (Å²) in [6.07, 6.45) is 8.51. The fraction of sp³-hybridized carbons (Fsp3) is 0.625. The largest absolute Gasteiger partial charge is 0.673 e. The molecule has 3 nitrogen and oxygen atoms in total. The predicted octanol–water partition coefficient (Wildman–Crippen LogP) is 5.26. The first-order valence-corrected chi connectivity index (χ1v) is 11.8. The second kappa shape index (κ2) is 8.19. The van der Waals surface area contributed by atoms with Gasteiger partial charge >= 0.3 is 7.25 Å². The number of fused-ring (bicyclic) bond motifs is 1. The number of benzene rings is 1. The van der Waals surface area contributed by atoms with Crippen molar-refractivity contribution >= 4 is 7.25 Å². The summed E-state index contributed by atoms with van der Waals surface area (Å²) in [6.45, 7) is 5.84. The maximum Gasteiger partial charge on any atom is 0.673 e. The fourth-order valence-electron chi connectivity index (χ4n) is 7.04. The van der Waals surface area contributed by atoms with Crippen molar-refractivity contribution in [3.63, 3.8) is 0 Å². The second-order valence-corrected chi connectivity index (χ2v) is 10.3. The zero-order chi connectivity index (χ0) is 22.5. The van der Waals surface area contributed by atoms with Crippen molar-refractivity contribution in [3.05, 3.63) is 40.9 Å². The van der Waals surface area contributed by atoms with E-state index in [-0.39, 0.29) is 0 Å². The summed E-state index contributed by atoms with van der Waals surface area (Å²) in [7, 11) is -6.00. The van der Waals surface area contributed by atoms with Crippen LogP contribution in [0.25, 0.3) is 11.3 Å². The van der Waals surface area contributed by atoms with Gasteiger partial charge in [0.1, 0.15) is 24.7 Å². The molecule has 0 radical (unpaired) electrons. The van der Waals surface area contributed by atoms with Gasteiger partial charge in [-0.1, -0.05) is 0 Å². The Morgan fingerprint density at radius 2 is 1.47 bits per heavy atom. The van der Waals surface area contributed by atoms with Crippen LogP contribution in [0.5, 0.6) is 0 Å². The Bertz CT molecular complexity index is 982. The molecule has 7 aliphatic rings. The molecule has 5 aliphatic carbocycles. The normalized spacial score (nSPS) is 31.5. The SMILES string of the molecule is Cc1cc(C23CC4CC(CC(C4)C2)C3)oc2cc(=[N+]3CCOCC3)ccc1-2.F[B-](F)(F)F. The van der Waals surface area contributed by atoms with Gasteiger partial charge in [-0.25, -0.2) is 4.58 Å². The quantitative estimate of drug-likeness (QED) is 0.336. The molecular formula is C24H30BF4NO2. The van der Waals surface area contributed by atoms with Crippen LogP contribution in [0.4, 0.5) is 17.3 Å². The minimum absolute atomic E-state index is 0.322. The van der Waals surface area contributed by atoms with E-state index < -0.39 is 7.25 Å². The average molecular weight is 451 g/mol. The Morgan fingerprint density at radius 3 is 2.03 bits per heavy atom. The third-order valence-electron chi connectivity index (χ3n) is 7.89. The van der Waals surface area contributed by atoms with Crippen LogP contribution in [0.15, 0.2) is 28.7 Å². The first kappa shape index (κ1) is 22.0. The summed E-state index contributed by atoms with van der Waals surface area (Å²) < 4.78 is 53.6. The minimum Gasteiger partial charge on any atom is -0.460 e. The van der Waals surface area contributed by atoms with E-state index in [1.807, 2.05) is 0 Å². The molecule has 4 bridgehead atoms. The molecule has 7 rings (SSSR count). The molecule has 0 unspecified atom stereocenters. The molecule has 0 atom stereocenters. The van der Waals surface area contributed by atoms with Crippen molar-refractivity contribution in [2.45, 2.75) is 50.9 Å². The number of morpholine rings is 1. The number of halogens is 4. The lowest BCUT2D eigenvalue weighted by atomic mass is 9.49. The lowest BCUT2D eigenvalue weighted by Crippen LogP contribution is -2.48. The van der Waals surface area contributed by atoms with E-state index in [0.29, 0.717) is 5.41 Å². The van der Waals surface area contributed by atoms with Crippen LogP contribution in [0.1, 0.15) is 49.8 Å². The third-order valence-corrected chi connectivity index (χ3v) is 7.89. The minimum atomic E-state index is -6.00. The Kier molecular flexibility index (Phi) is 5.63. The molecule has 8 heteroatoms. The van der Waals surface area contributed by atoms with E-state index in [2.05, 4.69) is 35.8 Å². The highest BCUT2D eigenvalue weighted by atomic mass is 19.5. The molecular weight excluding hydrogens is 421 g/mol. The van der Waals surface area contributed by atoms with Crippen molar-refractivity contribution < 1.29 is 26.4 Å². The maximum absolute atomic E-state index is 9.75. The van der Waals surface area contributed by atoms with Gasteiger partial charge in [-0.3, -0.25) is 0 Å². The standard InChI is InChI=1S/C24H30NO2.BF4/c1-16-8-23(24-13-17-9-18(14-24)11-19(10-17)15-24)27-22-12-20(2-3-21(16)22)25-4-6-26-7-5-25;2-1(3,4)5/h2-3,8,12,17-19H,4-7,9-11,13-15H2,1H3;/q+1;-1. The van der Waals surface area contributed by atoms with Gasteiger partial charge in [0.2, 0.25) is 5.36 Å². The van der Waals surface area contributed by atoms with E-state index in [4.69, 9.17) is 9.15 Å². The molecule has 0 aromatic heterocycles. The summed E-state index contributed by atoms with van der Waals surface area (Å²) in [5.74, 6) is 5.20. The Balaban J connectivity index is 0.000000393. The van der Waals surface area contributed by atoms with Gasteiger partial charge in [0.25, 0.3) is 0 Å². The van der Waals surface area contributed by atoms with E-state index >= 15 is 0 Å². The number of hydrogen-bond donors (Lipinski definition) is 0. The fourth-order valence-corrected chi connectivity index (χ4v) is 7.04. The smallest absolute Gasteiger partial charge is 0.460 e. The van der Waals surface area contributed by atoms with Crippen LogP contribution < -0.4 is 9.93 Å². The van der Waals surface area contributed by atoms with Crippen LogP contribution in [0.2, 0.25) is 0 Å². The van der Waals surface area contributed by atoms with Crippen molar-refractivity contribution in [2.24, 2.45) is 17.8 Å². The molecule has 32 heavy (non-hydrogen) atoms. The summed E-state index contributed by atoms with van der Waals surface area (Å²) >= 11 is 0. The van der Waals surface area contributed by atoms with Gasteiger partial charge < -0.3 is 26.4 Å². The highest BCUT2D eigenvalue weighted by molar-refractivity contribution is 6.50. The van der Waals surface area contributed by atoms with E-state index in [1.54, 1.807) is 0 Å². The first-order valence-electron chi connectivity index (χ1n) is 11.8. The zero-order valence-corrected chi connectivity index (χ0v) is 18.5. The lowest BCUT2D eigenvalue weighted by Gasteiger charge is -2.56. The molecule has 1 saturated heterocycles. The van der Waals surface area contributed by atoms with Crippen LogP contribution in [0, 0.1) is 24.7 Å². The van der Waals surface area contributed by atoms with Crippen molar-refractivity contribution in [1.29, 1.82) is 0 Å². The molecule has 0 N–H and O–H groups in total. The number of ether oxygens (including phenoxy) is 1. The second-order valence-electron chi connectivity index (χ2n) is 10.3. The van der Waals surface area contributed by atoms with Gasteiger partial charge in [0, 0.05) is 17.0 Å². The number of nitrogens with zero attached hydrogens (tertiary/aromatic N) is 1. The van der Waals surface area contributed by atoms with Gasteiger partial charge in [0.05, 0.1) is 6.07 Å². The Hall–Kier alpha value is -1.83. The molecule has 2 aliphatic heterocycles. The highest BCUT2D eigenvalue weighted by Crippen LogP contribution is 2.61. The van der Waals surface area contributed by atoms with E-state index in [9.17, 15) is 17.3 Å². The molecule has 4 saturated carbocycles. The Morgan fingerprint density at radius 1 is 0.906 bits per heavy atom. The molecule has 0 aromatic carbocycles. The van der Waals surface area contributed by atoms with E-state index in [0.717, 1.165) is 49.8 Å². The Labute approximate surface area is 185 Å². The highest BCUT2D eigenvalue weighted by Gasteiger charge is 2.53. The van der Waals surface area contributed by atoms with Crippen molar-refractivity contribution in [2.75, 3.05) is 26.3 Å². The molecule has 2 heterocycles. The van der Waals surface area contributed by atoms with Gasteiger partial charge in [0.15, 0.2) is 13.1 Å². The zero-order valence-electron chi connectivity index (χ0n) is 18.5. The third kappa shape index (κ3) is 4.48. The van der Waals surface area contributed by atoms with Crippen molar-refractivity contribution in [1.82, 2.24) is 4.58 Å². The molecule has 0 aromatic rings. The van der Waals surface area contributed by atoms with Crippen molar-refractivity contribution in [3.8, 4) is 11.3 Å². The first-order chi connectivity index (χ1) is 15.2. The van der Waals surface area contributed by atoms with Gasteiger partial charge in [-0.15, -0.1) is 0 Å². The summed E-state index contributed by atoms with van der Waals surface area (Å²) in [5, 5.41) is 1.27. The van der Waals surface area contributed by atoms with Gasteiger partial charge in [-0.05, 0) is 80.9 Å². The lowest BCUT2D eigenvalue weighted by molar-refractivity contribution is -0.0156. The van der Waals surface area contributed by atoms with Crippen LogP contribution in [0.3, 0.4) is 0 Å². The predicted molar refractivity (Wildman–Crippen MR) is 116 cm³/mol. The summed E-state index contributed by atoms with van der Waals surface area (Å²) in [4.78, 5) is 0. The maximum atomic E-state index is 9.75. The van der Waals surface area contributed by atoms with E-state index in [1.165, 1.54) is 60.8 Å². The van der Waals surface area contributed by atoms with Crippen LogP contribution in [-0.2, 0) is 10.2 Å². The molecule has 5 fully saturated rings. The number of rotatable bonds is 1. The van der Waals surface area contributed by atoms with Crippen LogP contribution in [-0.4, -0.2) is 33.6 Å². The molecule has 0 amide bonds. The summed E-state index contributed by atoms with van der Waals surface area (Å²) in [5.41, 5.74) is 2.96. The van der Waals surface area contributed by atoms with Gasteiger partial charge in [-0.2, -0.15) is 0 Å². The molecule has 0 spiro atoms. The number of aryl methyl sites for hydroxylation is 1. The van der Waals surface area contributed by atoms with Crippen LogP contribution >= 0.6 is 0 Å². The summed E-state index contributed by atoms with van der Waals surface area (Å²) in [6, 6.07) is 9.16.